The molecule has 3 N–H and O–H groups in total. The second-order valence-electron chi connectivity index (χ2n) is 3.30. The van der Waals surface area contributed by atoms with E-state index in [1.807, 2.05) is 12.1 Å². The van der Waals surface area contributed by atoms with Gasteiger partial charge in [-0.15, -0.1) is 0 Å². The number of rotatable bonds is 1. The van der Waals surface area contributed by atoms with E-state index >= 15 is 0 Å². The number of anilines is 1. The first-order valence-electron chi connectivity index (χ1n) is 4.63. The number of fused-ring (bicyclic) bond motifs is 1. The van der Waals surface area contributed by atoms with Gasteiger partial charge in [-0.1, -0.05) is 6.07 Å². The van der Waals surface area contributed by atoms with E-state index in [4.69, 9.17) is 5.21 Å². The quantitative estimate of drug-likeness (QED) is 0.462. The lowest BCUT2D eigenvalue weighted by Gasteiger charge is -2.19. The standard InChI is InChI=1S/C10H12N2O2/c13-10(12-14)8-3-1-5-9-7(8)4-2-6-11-9/h1,3,5,11,14H,2,4,6H2,(H,12,13). The summed E-state index contributed by atoms with van der Waals surface area (Å²) in [5.74, 6) is -0.439. The van der Waals surface area contributed by atoms with Crippen LogP contribution in [0.5, 0.6) is 0 Å². The van der Waals surface area contributed by atoms with Crippen LogP contribution in [0, 0.1) is 0 Å². The molecule has 1 amide bonds. The minimum absolute atomic E-state index is 0.439. The molecule has 0 unspecified atom stereocenters. The normalized spacial score (nSPS) is 14.1. The third kappa shape index (κ3) is 1.44. The summed E-state index contributed by atoms with van der Waals surface area (Å²) in [4.78, 5) is 11.3. The molecule has 14 heavy (non-hydrogen) atoms. The maximum absolute atomic E-state index is 11.3. The zero-order valence-electron chi connectivity index (χ0n) is 7.71. The number of hydrogen-bond acceptors (Lipinski definition) is 3. The minimum atomic E-state index is -0.439. The number of benzene rings is 1. The molecule has 0 atom stereocenters. The number of nitrogens with one attached hydrogen (secondary N) is 2. The van der Waals surface area contributed by atoms with Gasteiger partial charge in [-0.25, -0.2) is 5.48 Å². The fraction of sp³-hybridized carbons (Fsp3) is 0.300. The Hall–Kier alpha value is -1.55. The van der Waals surface area contributed by atoms with Crippen LogP contribution in [-0.4, -0.2) is 17.7 Å². The summed E-state index contributed by atoms with van der Waals surface area (Å²) in [5, 5.41) is 11.8. The zero-order valence-corrected chi connectivity index (χ0v) is 7.71. The van der Waals surface area contributed by atoms with E-state index in [9.17, 15) is 4.79 Å². The molecule has 1 aromatic rings. The van der Waals surface area contributed by atoms with Crippen molar-refractivity contribution in [3.05, 3.63) is 29.3 Å². The zero-order chi connectivity index (χ0) is 9.97. The molecule has 0 spiro atoms. The highest BCUT2D eigenvalue weighted by atomic mass is 16.5. The molecule has 0 aromatic heterocycles. The molecular weight excluding hydrogens is 180 g/mol. The Kier molecular flexibility index (Phi) is 2.37. The van der Waals surface area contributed by atoms with Crippen LogP contribution in [0.3, 0.4) is 0 Å². The summed E-state index contributed by atoms with van der Waals surface area (Å²) in [6, 6.07) is 5.47. The average Bonchev–Trinajstić information content (AvgIpc) is 2.27. The van der Waals surface area contributed by atoms with Crippen molar-refractivity contribution in [2.75, 3.05) is 11.9 Å². The predicted octanol–water partition coefficient (Wildman–Crippen LogP) is 1.16. The molecule has 0 aliphatic carbocycles. The first-order chi connectivity index (χ1) is 6.83. The van der Waals surface area contributed by atoms with Gasteiger partial charge >= 0.3 is 0 Å². The number of amides is 1. The summed E-state index contributed by atoms with van der Waals surface area (Å²) in [5.41, 5.74) is 4.21. The van der Waals surface area contributed by atoms with Gasteiger partial charge in [-0.2, -0.15) is 0 Å². The highest BCUT2D eigenvalue weighted by Crippen LogP contribution is 2.24. The first-order valence-corrected chi connectivity index (χ1v) is 4.63. The Morgan fingerprint density at radius 2 is 2.36 bits per heavy atom. The summed E-state index contributed by atoms with van der Waals surface area (Å²) in [6.45, 7) is 0.942. The smallest absolute Gasteiger partial charge is 0.274 e. The third-order valence-electron chi connectivity index (χ3n) is 2.44. The van der Waals surface area contributed by atoms with Gasteiger partial charge in [0.05, 0.1) is 0 Å². The van der Waals surface area contributed by atoms with E-state index in [1.54, 1.807) is 11.5 Å². The van der Waals surface area contributed by atoms with Crippen molar-refractivity contribution in [2.45, 2.75) is 12.8 Å². The van der Waals surface area contributed by atoms with E-state index in [-0.39, 0.29) is 0 Å². The second-order valence-corrected chi connectivity index (χ2v) is 3.30. The predicted molar refractivity (Wildman–Crippen MR) is 52.5 cm³/mol. The summed E-state index contributed by atoms with van der Waals surface area (Å²) >= 11 is 0. The van der Waals surface area contributed by atoms with E-state index in [2.05, 4.69) is 5.32 Å². The largest absolute Gasteiger partial charge is 0.385 e. The number of hydrogen-bond donors (Lipinski definition) is 3. The summed E-state index contributed by atoms with van der Waals surface area (Å²) in [6.07, 6.45) is 1.90. The lowest BCUT2D eigenvalue weighted by atomic mass is 9.97. The van der Waals surface area contributed by atoms with Gasteiger partial charge in [0.1, 0.15) is 0 Å². The molecular formula is C10H12N2O2. The fourth-order valence-corrected chi connectivity index (χ4v) is 1.78. The fourth-order valence-electron chi connectivity index (χ4n) is 1.78. The van der Waals surface area contributed by atoms with Crippen LogP contribution in [0.25, 0.3) is 0 Å². The molecule has 4 nitrogen and oxygen atoms in total. The van der Waals surface area contributed by atoms with Crippen molar-refractivity contribution in [1.29, 1.82) is 0 Å². The molecule has 1 heterocycles. The van der Waals surface area contributed by atoms with Gasteiger partial charge in [0.15, 0.2) is 0 Å². The molecule has 0 saturated carbocycles. The van der Waals surface area contributed by atoms with Gasteiger partial charge in [0.25, 0.3) is 5.91 Å². The molecule has 0 saturated heterocycles. The highest BCUT2D eigenvalue weighted by molar-refractivity contribution is 5.96. The molecule has 2 rings (SSSR count). The van der Waals surface area contributed by atoms with E-state index in [1.165, 1.54) is 0 Å². The molecule has 1 aliphatic heterocycles. The highest BCUT2D eigenvalue weighted by Gasteiger charge is 2.16. The topological polar surface area (TPSA) is 61.4 Å². The van der Waals surface area contributed by atoms with E-state index in [0.29, 0.717) is 5.56 Å². The van der Waals surface area contributed by atoms with Crippen LogP contribution in [0.2, 0.25) is 0 Å². The Bertz CT molecular complexity index is 363. The van der Waals surface area contributed by atoms with Crippen LogP contribution >= 0.6 is 0 Å². The van der Waals surface area contributed by atoms with Gasteiger partial charge in [-0.3, -0.25) is 10.0 Å². The Morgan fingerprint density at radius 3 is 3.14 bits per heavy atom. The minimum Gasteiger partial charge on any atom is -0.385 e. The lowest BCUT2D eigenvalue weighted by Crippen LogP contribution is -2.23. The van der Waals surface area contributed by atoms with Gasteiger partial charge < -0.3 is 5.32 Å². The summed E-state index contributed by atoms with van der Waals surface area (Å²) in [7, 11) is 0. The van der Waals surface area contributed by atoms with Crippen molar-refractivity contribution in [3.63, 3.8) is 0 Å². The van der Waals surface area contributed by atoms with Crippen LogP contribution in [0.1, 0.15) is 22.3 Å². The van der Waals surface area contributed by atoms with Crippen molar-refractivity contribution >= 4 is 11.6 Å². The Morgan fingerprint density at radius 1 is 1.50 bits per heavy atom. The van der Waals surface area contributed by atoms with E-state index < -0.39 is 5.91 Å². The van der Waals surface area contributed by atoms with E-state index in [0.717, 1.165) is 30.6 Å². The van der Waals surface area contributed by atoms with Crippen molar-refractivity contribution < 1.29 is 10.0 Å². The molecule has 1 aliphatic rings. The Balaban J connectivity index is 2.45. The van der Waals surface area contributed by atoms with Crippen molar-refractivity contribution in [2.24, 2.45) is 0 Å². The average molecular weight is 192 g/mol. The lowest BCUT2D eigenvalue weighted by molar-refractivity contribution is 0.0705. The van der Waals surface area contributed by atoms with Gasteiger partial charge in [-0.05, 0) is 30.5 Å². The van der Waals surface area contributed by atoms with Crippen LogP contribution in [0.15, 0.2) is 18.2 Å². The van der Waals surface area contributed by atoms with Crippen molar-refractivity contribution in [1.82, 2.24) is 5.48 Å². The van der Waals surface area contributed by atoms with Crippen LogP contribution in [-0.2, 0) is 6.42 Å². The SMILES string of the molecule is O=C(NO)c1cccc2c1CCCN2. The molecule has 4 heteroatoms. The van der Waals surface area contributed by atoms with Crippen LogP contribution < -0.4 is 10.8 Å². The molecule has 74 valence electrons. The number of hydroxylamine groups is 1. The molecule has 0 radical (unpaired) electrons. The molecule has 0 fully saturated rings. The summed E-state index contributed by atoms with van der Waals surface area (Å²) < 4.78 is 0. The van der Waals surface area contributed by atoms with Gasteiger partial charge in [0, 0.05) is 17.8 Å². The third-order valence-corrected chi connectivity index (χ3v) is 2.44. The first kappa shape index (κ1) is 9.02. The Labute approximate surface area is 81.9 Å². The van der Waals surface area contributed by atoms with Crippen molar-refractivity contribution in [3.8, 4) is 0 Å². The maximum atomic E-state index is 11.3. The number of carbonyl (C=O) groups is 1. The number of carbonyl (C=O) groups excluding carboxylic acids is 1. The van der Waals surface area contributed by atoms with Crippen LogP contribution in [0.4, 0.5) is 5.69 Å². The van der Waals surface area contributed by atoms with Gasteiger partial charge in [0.2, 0.25) is 0 Å². The monoisotopic (exact) mass is 192 g/mol. The second kappa shape index (κ2) is 3.67. The molecule has 1 aromatic carbocycles. The maximum Gasteiger partial charge on any atom is 0.274 e. The molecule has 0 bridgehead atoms.